The maximum atomic E-state index is 6.33. The molecule has 0 fully saturated rings. The molecule has 0 saturated heterocycles. The molecule has 4 nitrogen and oxygen atoms in total. The van der Waals surface area contributed by atoms with Crippen molar-refractivity contribution in [1.29, 1.82) is 0 Å². The molecule has 110 valence electrons. The molecule has 1 N–H and O–H groups in total. The van der Waals surface area contributed by atoms with Crippen LogP contribution in [0, 0.1) is 0 Å². The van der Waals surface area contributed by atoms with Gasteiger partial charge in [0, 0.05) is 6.54 Å². The highest BCUT2D eigenvalue weighted by Gasteiger charge is 2.19. The monoisotopic (exact) mass is 304 g/mol. The van der Waals surface area contributed by atoms with E-state index in [0.717, 1.165) is 42.5 Å². The number of hydrogen-bond acceptors (Lipinski definition) is 4. The minimum absolute atomic E-state index is 0.287. The van der Waals surface area contributed by atoms with Gasteiger partial charge in [-0.05, 0) is 39.1 Å². The van der Waals surface area contributed by atoms with E-state index in [-0.39, 0.29) is 6.04 Å². The van der Waals surface area contributed by atoms with Gasteiger partial charge in [-0.2, -0.15) is 16.9 Å². The van der Waals surface area contributed by atoms with Crippen LogP contribution in [0.25, 0.3) is 0 Å². The van der Waals surface area contributed by atoms with Gasteiger partial charge in [0.25, 0.3) is 0 Å². The molecule has 0 aliphatic heterocycles. The lowest BCUT2D eigenvalue weighted by Gasteiger charge is -2.20. The molecule has 0 bridgehead atoms. The predicted octanol–water partition coefficient (Wildman–Crippen LogP) is 2.50. The van der Waals surface area contributed by atoms with Crippen LogP contribution in [0.3, 0.4) is 0 Å². The Labute approximate surface area is 125 Å². The molecule has 1 heterocycles. The van der Waals surface area contributed by atoms with Gasteiger partial charge in [-0.1, -0.05) is 18.5 Å². The first kappa shape index (κ1) is 16.8. The number of hydrogen-bond donors (Lipinski definition) is 1. The van der Waals surface area contributed by atoms with E-state index >= 15 is 0 Å². The average molecular weight is 305 g/mol. The van der Waals surface area contributed by atoms with E-state index in [0.29, 0.717) is 0 Å². The quantitative estimate of drug-likeness (QED) is 0.760. The lowest BCUT2D eigenvalue weighted by atomic mass is 10.1. The highest BCUT2D eigenvalue weighted by atomic mass is 35.5. The molecule has 0 aromatic carbocycles. The molecule has 1 rings (SSSR count). The Hall–Kier alpha value is -0.230. The zero-order valence-electron chi connectivity index (χ0n) is 12.3. The molecule has 19 heavy (non-hydrogen) atoms. The number of nitrogens with one attached hydrogen (secondary N) is 1. The summed E-state index contributed by atoms with van der Waals surface area (Å²) >= 11 is 8.19. The van der Waals surface area contributed by atoms with Gasteiger partial charge in [0.1, 0.15) is 0 Å². The van der Waals surface area contributed by atoms with E-state index in [1.165, 1.54) is 0 Å². The van der Waals surface area contributed by atoms with Gasteiger partial charge >= 0.3 is 0 Å². The maximum absolute atomic E-state index is 6.33. The van der Waals surface area contributed by atoms with E-state index < -0.39 is 0 Å². The number of rotatable bonds is 9. The Kier molecular flexibility index (Phi) is 7.83. The van der Waals surface area contributed by atoms with E-state index in [4.69, 9.17) is 11.6 Å². The van der Waals surface area contributed by atoms with Crippen molar-refractivity contribution in [3.8, 4) is 0 Å². The summed E-state index contributed by atoms with van der Waals surface area (Å²) in [6, 6.07) is 0.287. The zero-order chi connectivity index (χ0) is 14.3. The van der Waals surface area contributed by atoms with Crippen LogP contribution in [-0.4, -0.2) is 53.9 Å². The van der Waals surface area contributed by atoms with Crippen molar-refractivity contribution in [1.82, 2.24) is 20.0 Å². The number of thioether (sulfide) groups is 1. The van der Waals surface area contributed by atoms with Crippen LogP contribution >= 0.6 is 23.4 Å². The smallest absolute Gasteiger partial charge is 0.0834 e. The summed E-state index contributed by atoms with van der Waals surface area (Å²) in [5.41, 5.74) is 1.12. The number of likely N-dealkylation sites (N-methyl/N-ethyl adjacent to an activating group) is 1. The van der Waals surface area contributed by atoms with Gasteiger partial charge < -0.3 is 10.2 Å². The van der Waals surface area contributed by atoms with Crippen LogP contribution in [0.15, 0.2) is 6.20 Å². The predicted molar refractivity (Wildman–Crippen MR) is 85.2 cm³/mol. The topological polar surface area (TPSA) is 33.1 Å². The Morgan fingerprint density at radius 1 is 1.53 bits per heavy atom. The van der Waals surface area contributed by atoms with E-state index in [9.17, 15) is 0 Å². The van der Waals surface area contributed by atoms with Crippen LogP contribution in [0.2, 0.25) is 5.02 Å². The van der Waals surface area contributed by atoms with Crippen molar-refractivity contribution in [2.45, 2.75) is 25.9 Å². The van der Waals surface area contributed by atoms with E-state index in [2.05, 4.69) is 42.6 Å². The summed E-state index contributed by atoms with van der Waals surface area (Å²) in [6.45, 7) is 4.90. The highest BCUT2D eigenvalue weighted by Crippen LogP contribution is 2.26. The van der Waals surface area contributed by atoms with Crippen LogP contribution < -0.4 is 5.32 Å². The molecule has 0 amide bonds. The fraction of sp³-hybridized carbons (Fsp3) is 0.769. The number of nitrogens with zero attached hydrogens (tertiary/aromatic N) is 3. The van der Waals surface area contributed by atoms with Crippen molar-refractivity contribution >= 4 is 23.4 Å². The molecule has 6 heteroatoms. The summed E-state index contributed by atoms with van der Waals surface area (Å²) in [5.74, 6) is 1.12. The van der Waals surface area contributed by atoms with Crippen molar-refractivity contribution in [2.75, 3.05) is 39.2 Å². The van der Waals surface area contributed by atoms with E-state index in [1.807, 2.05) is 16.4 Å². The molecule has 0 aliphatic rings. The zero-order valence-corrected chi connectivity index (χ0v) is 13.9. The molecule has 1 atom stereocenters. The van der Waals surface area contributed by atoms with Gasteiger partial charge in [-0.15, -0.1) is 0 Å². The van der Waals surface area contributed by atoms with Crippen molar-refractivity contribution < 1.29 is 0 Å². The third kappa shape index (κ3) is 5.34. The Morgan fingerprint density at radius 2 is 2.26 bits per heavy atom. The summed E-state index contributed by atoms with van der Waals surface area (Å²) in [4.78, 5) is 2.16. The van der Waals surface area contributed by atoms with Crippen molar-refractivity contribution in [3.05, 3.63) is 16.9 Å². The summed E-state index contributed by atoms with van der Waals surface area (Å²) in [6.07, 6.45) is 4.96. The SMILES string of the molecule is CCNC(CCSC)c1c(Cl)cnn1CCN(C)C. The summed E-state index contributed by atoms with van der Waals surface area (Å²) in [7, 11) is 4.14. The molecule has 0 spiro atoms. The van der Waals surface area contributed by atoms with Crippen LogP contribution in [0.1, 0.15) is 25.1 Å². The molecule has 1 unspecified atom stereocenters. The molecule has 1 aromatic rings. The number of aromatic nitrogens is 2. The first-order valence-electron chi connectivity index (χ1n) is 6.68. The van der Waals surface area contributed by atoms with Crippen LogP contribution in [0.5, 0.6) is 0 Å². The molecule has 0 aliphatic carbocycles. The highest BCUT2D eigenvalue weighted by molar-refractivity contribution is 7.98. The van der Waals surface area contributed by atoms with Gasteiger partial charge in [0.15, 0.2) is 0 Å². The van der Waals surface area contributed by atoms with Crippen LogP contribution in [0.4, 0.5) is 0 Å². The van der Waals surface area contributed by atoms with Crippen molar-refractivity contribution in [2.24, 2.45) is 0 Å². The first-order chi connectivity index (χ1) is 9.10. The second-order valence-corrected chi connectivity index (χ2v) is 6.19. The lowest BCUT2D eigenvalue weighted by molar-refractivity contribution is 0.361. The first-order valence-corrected chi connectivity index (χ1v) is 8.45. The third-order valence-electron chi connectivity index (χ3n) is 2.98. The molecular formula is C13H25ClN4S. The normalized spacial score (nSPS) is 13.2. The summed E-state index contributed by atoms with van der Waals surface area (Å²) < 4.78 is 2.04. The van der Waals surface area contributed by atoms with Crippen LogP contribution in [-0.2, 0) is 6.54 Å². The average Bonchev–Trinajstić information content (AvgIpc) is 2.73. The fourth-order valence-corrected chi connectivity index (χ4v) is 2.75. The van der Waals surface area contributed by atoms with E-state index in [1.54, 1.807) is 6.20 Å². The molecule has 0 saturated carbocycles. The van der Waals surface area contributed by atoms with Gasteiger partial charge in [-0.3, -0.25) is 4.68 Å². The number of halogens is 1. The minimum Gasteiger partial charge on any atom is -0.309 e. The molecule has 0 radical (unpaired) electrons. The Morgan fingerprint density at radius 3 is 2.84 bits per heavy atom. The second-order valence-electron chi connectivity index (χ2n) is 4.80. The molecular weight excluding hydrogens is 280 g/mol. The molecule has 1 aromatic heterocycles. The maximum Gasteiger partial charge on any atom is 0.0834 e. The van der Waals surface area contributed by atoms with Gasteiger partial charge in [-0.25, -0.2) is 0 Å². The fourth-order valence-electron chi connectivity index (χ4n) is 2.01. The minimum atomic E-state index is 0.287. The van der Waals surface area contributed by atoms with Crippen molar-refractivity contribution in [3.63, 3.8) is 0 Å². The Balaban J connectivity index is 2.83. The Bertz CT molecular complexity index is 368. The largest absolute Gasteiger partial charge is 0.309 e. The third-order valence-corrected chi connectivity index (χ3v) is 3.92. The van der Waals surface area contributed by atoms with Gasteiger partial charge in [0.05, 0.1) is 29.5 Å². The summed E-state index contributed by atoms with van der Waals surface area (Å²) in [5, 5.41) is 8.70. The van der Waals surface area contributed by atoms with Gasteiger partial charge in [0.2, 0.25) is 0 Å². The second kappa shape index (κ2) is 8.84. The standard InChI is InChI=1S/C13H25ClN4S/c1-5-15-12(6-9-19-4)13-11(14)10-16-18(13)8-7-17(2)3/h10,12,15H,5-9H2,1-4H3. The lowest BCUT2D eigenvalue weighted by Crippen LogP contribution is -2.27.